The van der Waals surface area contributed by atoms with Gasteiger partial charge in [-0.05, 0) is 43.4 Å². The van der Waals surface area contributed by atoms with Gasteiger partial charge in [-0.25, -0.2) is 13.1 Å². The van der Waals surface area contributed by atoms with Crippen LogP contribution in [0.15, 0.2) is 28.6 Å². The van der Waals surface area contributed by atoms with Gasteiger partial charge < -0.3 is 10.2 Å². The summed E-state index contributed by atoms with van der Waals surface area (Å²) in [7, 11) is -3.83. The van der Waals surface area contributed by atoms with E-state index < -0.39 is 16.1 Å². The average Bonchev–Trinajstić information content (AvgIpc) is 3.18. The van der Waals surface area contributed by atoms with Crippen LogP contribution in [0, 0.1) is 5.92 Å². The summed E-state index contributed by atoms with van der Waals surface area (Å²) in [5.74, 6) is 0.533. The number of anilines is 2. The van der Waals surface area contributed by atoms with Crippen molar-refractivity contribution >= 4 is 38.1 Å². The monoisotopic (exact) mass is 437 g/mol. The second-order valence-corrected chi connectivity index (χ2v) is 10.2. The first kappa shape index (κ1) is 21.7. The molecule has 10 heteroatoms. The van der Waals surface area contributed by atoms with Gasteiger partial charge in [0.25, 0.3) is 10.0 Å². The third-order valence-electron chi connectivity index (χ3n) is 5.08. The normalized spacial score (nSPS) is 16.6. The van der Waals surface area contributed by atoms with E-state index in [2.05, 4.69) is 32.1 Å². The number of hydrogen-bond acceptors (Lipinski definition) is 7. The zero-order chi connectivity index (χ0) is 21.0. The van der Waals surface area contributed by atoms with Crippen molar-refractivity contribution in [2.75, 3.05) is 23.3 Å². The average molecular weight is 438 g/mol. The van der Waals surface area contributed by atoms with Crippen molar-refractivity contribution < 1.29 is 13.2 Å². The summed E-state index contributed by atoms with van der Waals surface area (Å²) >= 11 is 0.831. The zero-order valence-electron chi connectivity index (χ0n) is 16.9. The Morgan fingerprint density at radius 3 is 2.52 bits per heavy atom. The van der Waals surface area contributed by atoms with E-state index in [-0.39, 0.29) is 21.8 Å². The predicted octanol–water partition coefficient (Wildman–Crippen LogP) is 3.16. The van der Waals surface area contributed by atoms with Gasteiger partial charge in [-0.15, -0.1) is 10.2 Å². The van der Waals surface area contributed by atoms with Crippen LogP contribution in [-0.2, 0) is 14.8 Å². The molecule has 0 bridgehead atoms. The smallest absolute Gasteiger partial charge is 0.270 e. The number of carbonyl (C=O) groups excluding carboxylic acids is 1. The van der Waals surface area contributed by atoms with E-state index in [1.807, 2.05) is 24.3 Å². The maximum absolute atomic E-state index is 12.6. The molecule has 1 aliphatic heterocycles. The lowest BCUT2D eigenvalue weighted by Gasteiger charge is -2.32. The van der Waals surface area contributed by atoms with Crippen LogP contribution in [0.3, 0.4) is 0 Å². The van der Waals surface area contributed by atoms with E-state index in [4.69, 9.17) is 0 Å². The number of nitrogens with zero attached hydrogens (tertiary/aromatic N) is 3. The van der Waals surface area contributed by atoms with Crippen molar-refractivity contribution in [1.29, 1.82) is 0 Å². The quantitative estimate of drug-likeness (QED) is 0.645. The predicted molar refractivity (Wildman–Crippen MR) is 115 cm³/mol. The highest BCUT2D eigenvalue weighted by Crippen LogP contribution is 2.26. The summed E-state index contributed by atoms with van der Waals surface area (Å²) in [4.78, 5) is 13.8. The number of rotatable bonds is 7. The molecule has 29 heavy (non-hydrogen) atoms. The molecule has 1 atom stereocenters. The minimum absolute atomic E-state index is 0.171. The fourth-order valence-electron chi connectivity index (χ4n) is 3.17. The van der Waals surface area contributed by atoms with E-state index in [0.717, 1.165) is 41.6 Å². The Labute approximate surface area is 175 Å². The zero-order valence-corrected chi connectivity index (χ0v) is 18.5. The Balaban J connectivity index is 1.64. The molecule has 2 N–H and O–H groups in total. The van der Waals surface area contributed by atoms with Crippen LogP contribution in [-0.4, -0.2) is 37.6 Å². The molecule has 0 spiro atoms. The van der Waals surface area contributed by atoms with Crippen molar-refractivity contribution in [3.63, 3.8) is 0 Å². The van der Waals surface area contributed by atoms with Gasteiger partial charge in [0.1, 0.15) is 0 Å². The molecule has 0 aliphatic carbocycles. The molecule has 1 amide bonds. The van der Waals surface area contributed by atoms with Crippen LogP contribution in [0.25, 0.3) is 0 Å². The van der Waals surface area contributed by atoms with Gasteiger partial charge in [0.2, 0.25) is 15.4 Å². The van der Waals surface area contributed by atoms with E-state index in [0.29, 0.717) is 0 Å². The fourth-order valence-corrected chi connectivity index (χ4v) is 5.33. The number of sulfonamides is 1. The van der Waals surface area contributed by atoms with Crippen molar-refractivity contribution in [3.05, 3.63) is 29.8 Å². The molecular formula is C19H27N5O3S2. The van der Waals surface area contributed by atoms with Gasteiger partial charge >= 0.3 is 0 Å². The first-order valence-electron chi connectivity index (χ1n) is 9.79. The highest BCUT2D eigenvalue weighted by Gasteiger charge is 2.24. The summed E-state index contributed by atoms with van der Waals surface area (Å²) < 4.78 is 27.7. The molecule has 2 heterocycles. The van der Waals surface area contributed by atoms with Gasteiger partial charge in [-0.2, -0.15) is 0 Å². The van der Waals surface area contributed by atoms with Crippen LogP contribution in [0.1, 0.15) is 51.6 Å². The molecule has 1 fully saturated rings. The number of benzene rings is 1. The molecule has 1 saturated heterocycles. The van der Waals surface area contributed by atoms with Crippen LogP contribution < -0.4 is 14.9 Å². The van der Waals surface area contributed by atoms with Gasteiger partial charge in [-0.1, -0.05) is 37.3 Å². The molecule has 158 valence electrons. The summed E-state index contributed by atoms with van der Waals surface area (Å²) in [6.07, 6.45) is 2.67. The molecule has 0 unspecified atom stereocenters. The van der Waals surface area contributed by atoms with E-state index in [1.54, 1.807) is 13.8 Å². The molecule has 1 aromatic carbocycles. The molecular weight excluding hydrogens is 410 g/mol. The second-order valence-electron chi connectivity index (χ2n) is 7.38. The second kappa shape index (κ2) is 9.19. The Bertz CT molecular complexity index is 935. The van der Waals surface area contributed by atoms with Crippen molar-refractivity contribution in [2.45, 2.75) is 50.4 Å². The van der Waals surface area contributed by atoms with E-state index in [1.165, 1.54) is 12.8 Å². The lowest BCUT2D eigenvalue weighted by atomic mass is 9.98. The molecule has 2 aromatic rings. The number of hydrogen-bond donors (Lipinski definition) is 2. The minimum Gasteiger partial charge on any atom is -0.372 e. The lowest BCUT2D eigenvalue weighted by Crippen LogP contribution is -2.32. The first-order valence-corrected chi connectivity index (χ1v) is 12.1. The van der Waals surface area contributed by atoms with Gasteiger partial charge in [0.15, 0.2) is 0 Å². The summed E-state index contributed by atoms with van der Waals surface area (Å²) in [6.45, 7) is 7.88. The molecule has 0 saturated carbocycles. The van der Waals surface area contributed by atoms with Gasteiger partial charge in [0, 0.05) is 31.2 Å². The van der Waals surface area contributed by atoms with Crippen LogP contribution in [0.2, 0.25) is 0 Å². The number of aromatic nitrogens is 2. The van der Waals surface area contributed by atoms with Crippen molar-refractivity contribution in [3.8, 4) is 0 Å². The van der Waals surface area contributed by atoms with E-state index in [9.17, 15) is 13.2 Å². The number of piperidine rings is 1. The fraction of sp³-hybridized carbons (Fsp3) is 0.526. The lowest BCUT2D eigenvalue weighted by molar-refractivity contribution is -0.115. The Morgan fingerprint density at radius 1 is 1.24 bits per heavy atom. The Kier molecular flexibility index (Phi) is 6.86. The molecule has 0 radical (unpaired) electrons. The molecule has 8 nitrogen and oxygen atoms in total. The van der Waals surface area contributed by atoms with Crippen molar-refractivity contribution in [1.82, 2.24) is 14.9 Å². The molecule has 1 aliphatic rings. The highest BCUT2D eigenvalue weighted by molar-refractivity contribution is 7.91. The number of nitrogens with one attached hydrogen (secondary N) is 2. The van der Waals surface area contributed by atoms with Crippen LogP contribution in [0.4, 0.5) is 10.8 Å². The number of amides is 1. The van der Waals surface area contributed by atoms with Gasteiger partial charge in [-0.3, -0.25) is 4.79 Å². The molecule has 3 rings (SSSR count). The van der Waals surface area contributed by atoms with Crippen molar-refractivity contribution in [2.24, 2.45) is 5.92 Å². The first-order chi connectivity index (χ1) is 13.8. The molecule has 1 aromatic heterocycles. The largest absolute Gasteiger partial charge is 0.372 e. The Hall–Kier alpha value is -2.04. The third kappa shape index (κ3) is 5.52. The standard InChI is InChI=1S/C19H27N5O3S2/c1-4-17(25)20-18-21-22-19(28-18)29(26,27)23-14(3)15-5-7-16(8-6-15)24-11-9-13(2)10-12-24/h5-8,13-14,23H,4,9-12H2,1-3H3,(H,20,21,25)/t14-/m0/s1. The summed E-state index contributed by atoms with van der Waals surface area (Å²) in [5, 5.41) is 10.1. The van der Waals surface area contributed by atoms with E-state index >= 15 is 0 Å². The SMILES string of the molecule is CCC(=O)Nc1nnc(S(=O)(=O)N[C@@H](C)c2ccc(N3CCC(C)CC3)cc2)s1. The Morgan fingerprint density at radius 2 is 1.90 bits per heavy atom. The maximum Gasteiger partial charge on any atom is 0.270 e. The summed E-state index contributed by atoms with van der Waals surface area (Å²) in [5.41, 5.74) is 2.03. The number of carbonyl (C=O) groups is 1. The van der Waals surface area contributed by atoms with Gasteiger partial charge in [0.05, 0.1) is 0 Å². The third-order valence-corrected chi connectivity index (χ3v) is 7.82. The topological polar surface area (TPSA) is 104 Å². The van der Waals surface area contributed by atoms with Crippen LogP contribution >= 0.6 is 11.3 Å². The summed E-state index contributed by atoms with van der Waals surface area (Å²) in [6, 6.07) is 7.56. The highest BCUT2D eigenvalue weighted by atomic mass is 32.2. The van der Waals surface area contributed by atoms with Crippen LogP contribution in [0.5, 0.6) is 0 Å². The maximum atomic E-state index is 12.6. The minimum atomic E-state index is -3.83.